The van der Waals surface area contributed by atoms with Gasteiger partial charge >= 0.3 is 5.97 Å². The van der Waals surface area contributed by atoms with E-state index < -0.39 is 5.97 Å². The van der Waals surface area contributed by atoms with E-state index in [0.29, 0.717) is 17.4 Å². The van der Waals surface area contributed by atoms with Gasteiger partial charge in [-0.3, -0.25) is 4.90 Å². The number of piperazine rings is 1. The summed E-state index contributed by atoms with van der Waals surface area (Å²) in [6.07, 6.45) is 1.69. The SMILES string of the molecule is CC(C)c1ccccc1Nc1ccnc(N2CCN(Cc3ccccc3)CC2)c1C(=O)O. The van der Waals surface area contributed by atoms with Crippen LogP contribution in [0.5, 0.6) is 0 Å². The minimum atomic E-state index is -0.968. The lowest BCUT2D eigenvalue weighted by atomic mass is 10.0. The maximum Gasteiger partial charge on any atom is 0.341 e. The first-order valence-electron chi connectivity index (χ1n) is 11.1. The van der Waals surface area contributed by atoms with E-state index in [2.05, 4.69) is 64.3 Å². The summed E-state index contributed by atoms with van der Waals surface area (Å²) < 4.78 is 0. The van der Waals surface area contributed by atoms with Gasteiger partial charge in [-0.25, -0.2) is 9.78 Å². The molecule has 6 heteroatoms. The molecule has 0 amide bonds. The number of aromatic carboxylic acids is 1. The van der Waals surface area contributed by atoms with Crippen molar-refractivity contribution < 1.29 is 9.90 Å². The molecule has 1 saturated heterocycles. The molecule has 1 aliphatic heterocycles. The zero-order valence-corrected chi connectivity index (χ0v) is 18.7. The average molecular weight is 431 g/mol. The van der Waals surface area contributed by atoms with Gasteiger partial charge in [-0.2, -0.15) is 0 Å². The van der Waals surface area contributed by atoms with Crippen LogP contribution in [0.3, 0.4) is 0 Å². The standard InChI is InChI=1S/C26H30N4O2/c1-19(2)21-10-6-7-11-22(21)28-23-12-13-27-25(24(23)26(31)32)30-16-14-29(15-17-30)18-20-8-4-3-5-9-20/h3-13,19H,14-18H2,1-2H3,(H,27,28)(H,31,32). The van der Waals surface area contributed by atoms with E-state index in [4.69, 9.17) is 0 Å². The first-order valence-corrected chi connectivity index (χ1v) is 11.1. The van der Waals surface area contributed by atoms with Gasteiger partial charge in [0.2, 0.25) is 0 Å². The third-order valence-electron chi connectivity index (χ3n) is 5.92. The van der Waals surface area contributed by atoms with Crippen LogP contribution in [0.2, 0.25) is 0 Å². The van der Waals surface area contributed by atoms with Crippen LogP contribution >= 0.6 is 0 Å². The van der Waals surface area contributed by atoms with Crippen LogP contribution in [0.1, 0.15) is 41.3 Å². The summed E-state index contributed by atoms with van der Waals surface area (Å²) in [5.74, 6) is -0.112. The lowest BCUT2D eigenvalue weighted by molar-refractivity contribution is 0.0698. The fourth-order valence-corrected chi connectivity index (χ4v) is 4.22. The molecule has 3 aromatic rings. The lowest BCUT2D eigenvalue weighted by Crippen LogP contribution is -2.46. The predicted molar refractivity (Wildman–Crippen MR) is 129 cm³/mol. The molecule has 32 heavy (non-hydrogen) atoms. The van der Waals surface area contributed by atoms with Crippen molar-refractivity contribution in [2.75, 3.05) is 36.4 Å². The minimum Gasteiger partial charge on any atom is -0.477 e. The zero-order valence-electron chi connectivity index (χ0n) is 18.7. The van der Waals surface area contributed by atoms with E-state index >= 15 is 0 Å². The van der Waals surface area contributed by atoms with Gasteiger partial charge in [0.25, 0.3) is 0 Å². The lowest BCUT2D eigenvalue weighted by Gasteiger charge is -2.36. The number of hydrogen-bond donors (Lipinski definition) is 2. The Labute approximate surface area is 189 Å². The Hall–Kier alpha value is -3.38. The largest absolute Gasteiger partial charge is 0.477 e. The number of para-hydroxylation sites is 1. The van der Waals surface area contributed by atoms with E-state index in [0.717, 1.165) is 44.0 Å². The highest BCUT2D eigenvalue weighted by atomic mass is 16.4. The smallest absolute Gasteiger partial charge is 0.341 e. The fourth-order valence-electron chi connectivity index (χ4n) is 4.22. The highest BCUT2D eigenvalue weighted by Gasteiger charge is 2.25. The number of pyridine rings is 1. The highest BCUT2D eigenvalue weighted by molar-refractivity contribution is 6.00. The molecule has 0 radical (unpaired) electrons. The van der Waals surface area contributed by atoms with E-state index in [1.165, 1.54) is 5.56 Å². The summed E-state index contributed by atoms with van der Waals surface area (Å²) >= 11 is 0. The summed E-state index contributed by atoms with van der Waals surface area (Å²) in [7, 11) is 0. The Morgan fingerprint density at radius 3 is 2.34 bits per heavy atom. The second-order valence-electron chi connectivity index (χ2n) is 8.48. The molecular weight excluding hydrogens is 400 g/mol. The summed E-state index contributed by atoms with van der Waals surface area (Å²) in [4.78, 5) is 21.2. The van der Waals surface area contributed by atoms with E-state index in [1.54, 1.807) is 12.3 Å². The van der Waals surface area contributed by atoms with Gasteiger partial charge in [0.15, 0.2) is 0 Å². The van der Waals surface area contributed by atoms with E-state index in [1.807, 2.05) is 24.3 Å². The molecule has 1 aromatic heterocycles. The number of nitrogens with one attached hydrogen (secondary N) is 1. The first kappa shape index (κ1) is 21.8. The number of carbonyl (C=O) groups is 1. The summed E-state index contributed by atoms with van der Waals surface area (Å²) in [5.41, 5.74) is 4.16. The number of rotatable bonds is 7. The number of nitrogens with zero attached hydrogens (tertiary/aromatic N) is 3. The zero-order chi connectivity index (χ0) is 22.5. The maximum atomic E-state index is 12.3. The Bertz CT molecular complexity index is 1060. The predicted octanol–water partition coefficient (Wildman–Crippen LogP) is 4.97. The monoisotopic (exact) mass is 430 g/mol. The van der Waals surface area contributed by atoms with Crippen molar-refractivity contribution in [1.82, 2.24) is 9.88 Å². The molecule has 1 aliphatic rings. The number of anilines is 3. The fraction of sp³-hybridized carbons (Fsp3) is 0.308. The topological polar surface area (TPSA) is 68.7 Å². The minimum absolute atomic E-state index is 0.225. The van der Waals surface area contributed by atoms with Gasteiger partial charge in [0.1, 0.15) is 11.4 Å². The first-order chi connectivity index (χ1) is 15.5. The number of carboxylic acids is 1. The van der Waals surface area contributed by atoms with Gasteiger partial charge in [-0.05, 0) is 29.2 Å². The number of hydrogen-bond acceptors (Lipinski definition) is 5. The van der Waals surface area contributed by atoms with Crippen molar-refractivity contribution in [3.05, 3.63) is 83.6 Å². The Balaban J connectivity index is 1.54. The number of aromatic nitrogens is 1. The third kappa shape index (κ3) is 4.92. The summed E-state index contributed by atoms with van der Waals surface area (Å²) in [6.45, 7) is 8.38. The van der Waals surface area contributed by atoms with Crippen LogP contribution in [-0.2, 0) is 6.54 Å². The van der Waals surface area contributed by atoms with Crippen LogP contribution in [-0.4, -0.2) is 47.1 Å². The second kappa shape index (κ2) is 9.83. The van der Waals surface area contributed by atoms with E-state index in [-0.39, 0.29) is 5.56 Å². The number of carboxylic acid groups (broad SMARTS) is 1. The molecule has 0 spiro atoms. The quantitative estimate of drug-likeness (QED) is 0.552. The average Bonchev–Trinajstić information content (AvgIpc) is 2.80. The van der Waals surface area contributed by atoms with Gasteiger partial charge in [-0.15, -0.1) is 0 Å². The number of benzene rings is 2. The van der Waals surface area contributed by atoms with Crippen LogP contribution in [0.25, 0.3) is 0 Å². The van der Waals surface area contributed by atoms with Gasteiger partial charge in [0.05, 0.1) is 5.69 Å². The molecule has 0 saturated carbocycles. The molecule has 2 aromatic carbocycles. The maximum absolute atomic E-state index is 12.3. The van der Waals surface area contributed by atoms with Gasteiger partial charge < -0.3 is 15.3 Å². The van der Waals surface area contributed by atoms with Crippen molar-refractivity contribution in [2.24, 2.45) is 0 Å². The molecule has 0 aliphatic carbocycles. The normalized spacial score (nSPS) is 14.5. The van der Waals surface area contributed by atoms with E-state index in [9.17, 15) is 9.90 Å². The molecule has 4 rings (SSSR count). The van der Waals surface area contributed by atoms with Gasteiger partial charge in [0, 0.05) is 44.6 Å². The third-order valence-corrected chi connectivity index (χ3v) is 5.92. The molecule has 2 heterocycles. The highest BCUT2D eigenvalue weighted by Crippen LogP contribution is 2.32. The molecule has 0 bridgehead atoms. The van der Waals surface area contributed by atoms with Crippen LogP contribution in [0.15, 0.2) is 66.9 Å². The molecule has 0 unspecified atom stereocenters. The van der Waals surface area contributed by atoms with Crippen LogP contribution < -0.4 is 10.2 Å². The van der Waals surface area contributed by atoms with Crippen LogP contribution in [0.4, 0.5) is 17.2 Å². The van der Waals surface area contributed by atoms with Crippen molar-refractivity contribution >= 4 is 23.2 Å². The second-order valence-corrected chi connectivity index (χ2v) is 8.48. The van der Waals surface area contributed by atoms with Crippen molar-refractivity contribution in [3.8, 4) is 0 Å². The molecule has 6 nitrogen and oxygen atoms in total. The Kier molecular flexibility index (Phi) is 6.71. The van der Waals surface area contributed by atoms with Crippen molar-refractivity contribution in [1.29, 1.82) is 0 Å². The summed E-state index contributed by atoms with van der Waals surface area (Å²) in [6, 6.07) is 20.2. The molecule has 0 atom stereocenters. The van der Waals surface area contributed by atoms with Crippen molar-refractivity contribution in [2.45, 2.75) is 26.3 Å². The Morgan fingerprint density at radius 2 is 1.66 bits per heavy atom. The van der Waals surface area contributed by atoms with Crippen LogP contribution in [0, 0.1) is 0 Å². The molecule has 2 N–H and O–H groups in total. The molecular formula is C26H30N4O2. The van der Waals surface area contributed by atoms with Gasteiger partial charge in [-0.1, -0.05) is 62.4 Å². The molecule has 166 valence electrons. The van der Waals surface area contributed by atoms with Crippen molar-refractivity contribution in [3.63, 3.8) is 0 Å². The molecule has 1 fully saturated rings. The Morgan fingerprint density at radius 1 is 0.969 bits per heavy atom. The summed E-state index contributed by atoms with van der Waals surface area (Å²) in [5, 5.41) is 13.4.